The summed E-state index contributed by atoms with van der Waals surface area (Å²) in [6, 6.07) is 0. The van der Waals surface area contributed by atoms with Gasteiger partial charge >= 0.3 is 0 Å². The Hall–Kier alpha value is -0.810. The van der Waals surface area contributed by atoms with Crippen LogP contribution < -0.4 is 0 Å². The number of ketones is 1. The maximum Gasteiger partial charge on any atom is 0.164 e. The van der Waals surface area contributed by atoms with Gasteiger partial charge in [-0.05, 0) is 34.9 Å². The minimum atomic E-state index is -0.399. The molecule has 2 heteroatoms. The van der Waals surface area contributed by atoms with Gasteiger partial charge in [0.1, 0.15) is 0 Å². The van der Waals surface area contributed by atoms with Crippen LogP contribution in [0.15, 0.2) is 0 Å². The molecule has 0 aliphatic carbocycles. The summed E-state index contributed by atoms with van der Waals surface area (Å²) in [5.41, 5.74) is -0.399. The van der Waals surface area contributed by atoms with E-state index < -0.39 is 5.54 Å². The van der Waals surface area contributed by atoms with Crippen LogP contribution in [0, 0.1) is 11.8 Å². The Balaban J connectivity index is 4.32. The second-order valence-electron chi connectivity index (χ2n) is 3.48. The van der Waals surface area contributed by atoms with E-state index in [4.69, 9.17) is 0 Å². The van der Waals surface area contributed by atoms with Crippen molar-refractivity contribution in [1.82, 2.24) is 4.90 Å². The van der Waals surface area contributed by atoms with Crippen LogP contribution in [0.1, 0.15) is 27.2 Å². The third-order valence-electron chi connectivity index (χ3n) is 2.23. The van der Waals surface area contributed by atoms with Crippen molar-refractivity contribution in [2.24, 2.45) is 0 Å². The summed E-state index contributed by atoms with van der Waals surface area (Å²) in [7, 11) is 3.80. The SMILES string of the molecule is CC#CCC(=O)C(C)(C)N(C)C. The Labute approximate surface area is 74.9 Å². The Kier molecular flexibility index (Phi) is 3.99. The number of likely N-dealkylation sites (N-methyl/N-ethyl adjacent to an activating group) is 1. The zero-order valence-electron chi connectivity index (χ0n) is 8.56. The van der Waals surface area contributed by atoms with Gasteiger partial charge in [0.25, 0.3) is 0 Å². The Morgan fingerprint density at radius 3 is 2.25 bits per heavy atom. The molecule has 0 aromatic heterocycles. The van der Waals surface area contributed by atoms with Crippen molar-refractivity contribution in [3.8, 4) is 11.8 Å². The van der Waals surface area contributed by atoms with Gasteiger partial charge in [-0.25, -0.2) is 0 Å². The molecular weight excluding hydrogens is 150 g/mol. The van der Waals surface area contributed by atoms with Crippen molar-refractivity contribution in [3.63, 3.8) is 0 Å². The molecule has 0 aliphatic heterocycles. The lowest BCUT2D eigenvalue weighted by Gasteiger charge is -2.30. The van der Waals surface area contributed by atoms with Crippen LogP contribution in [0.5, 0.6) is 0 Å². The predicted molar refractivity (Wildman–Crippen MR) is 50.8 cm³/mol. The molecule has 0 heterocycles. The lowest BCUT2D eigenvalue weighted by atomic mass is 9.95. The van der Waals surface area contributed by atoms with Gasteiger partial charge in [0.15, 0.2) is 5.78 Å². The highest BCUT2D eigenvalue weighted by molar-refractivity contribution is 5.89. The lowest BCUT2D eigenvalue weighted by molar-refractivity contribution is -0.126. The monoisotopic (exact) mass is 167 g/mol. The quantitative estimate of drug-likeness (QED) is 0.591. The van der Waals surface area contributed by atoms with Gasteiger partial charge < -0.3 is 0 Å². The number of nitrogens with zero attached hydrogens (tertiary/aromatic N) is 1. The van der Waals surface area contributed by atoms with Gasteiger partial charge in [-0.3, -0.25) is 9.69 Å². The molecule has 0 aromatic carbocycles. The Bertz CT molecular complexity index is 218. The van der Waals surface area contributed by atoms with E-state index in [-0.39, 0.29) is 5.78 Å². The molecule has 0 aromatic rings. The minimum Gasteiger partial charge on any atom is -0.298 e. The van der Waals surface area contributed by atoms with E-state index in [2.05, 4.69) is 11.8 Å². The molecule has 0 N–H and O–H groups in total. The van der Waals surface area contributed by atoms with Crippen LogP contribution in [0.25, 0.3) is 0 Å². The summed E-state index contributed by atoms with van der Waals surface area (Å²) in [5, 5.41) is 0. The number of hydrogen-bond acceptors (Lipinski definition) is 2. The van der Waals surface area contributed by atoms with E-state index in [1.807, 2.05) is 32.8 Å². The van der Waals surface area contributed by atoms with Crippen LogP contribution in [0.2, 0.25) is 0 Å². The van der Waals surface area contributed by atoms with Crippen LogP contribution in [0.4, 0.5) is 0 Å². The van der Waals surface area contributed by atoms with Crippen molar-refractivity contribution in [1.29, 1.82) is 0 Å². The van der Waals surface area contributed by atoms with Gasteiger partial charge in [0.2, 0.25) is 0 Å². The molecule has 0 amide bonds. The molecule has 0 fully saturated rings. The number of rotatable bonds is 3. The first-order valence-corrected chi connectivity index (χ1v) is 4.03. The standard InChI is InChI=1S/C10H17NO/c1-6-7-8-9(12)10(2,3)11(4)5/h8H2,1-5H3. The zero-order valence-corrected chi connectivity index (χ0v) is 8.56. The highest BCUT2D eigenvalue weighted by Crippen LogP contribution is 2.12. The highest BCUT2D eigenvalue weighted by Gasteiger charge is 2.28. The molecule has 0 aliphatic rings. The lowest BCUT2D eigenvalue weighted by Crippen LogP contribution is -2.45. The topological polar surface area (TPSA) is 20.3 Å². The van der Waals surface area contributed by atoms with Gasteiger partial charge in [-0.2, -0.15) is 0 Å². The fourth-order valence-electron chi connectivity index (χ4n) is 0.634. The molecule has 12 heavy (non-hydrogen) atoms. The summed E-state index contributed by atoms with van der Waals surface area (Å²) in [5.74, 6) is 5.67. The van der Waals surface area contributed by atoms with Crippen LogP contribution >= 0.6 is 0 Å². The maximum absolute atomic E-state index is 11.5. The van der Waals surface area contributed by atoms with E-state index in [0.29, 0.717) is 6.42 Å². The summed E-state index contributed by atoms with van der Waals surface area (Å²) < 4.78 is 0. The average Bonchev–Trinajstić information content (AvgIpc) is 1.99. The first-order valence-electron chi connectivity index (χ1n) is 4.03. The molecule has 0 bridgehead atoms. The van der Waals surface area contributed by atoms with E-state index in [9.17, 15) is 4.79 Å². The normalized spacial score (nSPS) is 10.8. The van der Waals surface area contributed by atoms with E-state index in [1.54, 1.807) is 6.92 Å². The molecule has 68 valence electrons. The Morgan fingerprint density at radius 2 is 1.92 bits per heavy atom. The van der Waals surface area contributed by atoms with Crippen molar-refractivity contribution in [3.05, 3.63) is 0 Å². The van der Waals surface area contributed by atoms with Gasteiger partial charge in [-0.15, -0.1) is 5.92 Å². The molecule has 0 radical (unpaired) electrons. The Morgan fingerprint density at radius 1 is 1.42 bits per heavy atom. The molecule has 0 saturated carbocycles. The fraction of sp³-hybridized carbons (Fsp3) is 0.700. The predicted octanol–water partition coefficient (Wildman–Crippen LogP) is 1.31. The summed E-state index contributed by atoms with van der Waals surface area (Å²) in [6.07, 6.45) is 0.349. The fourth-order valence-corrected chi connectivity index (χ4v) is 0.634. The van der Waals surface area contributed by atoms with Crippen molar-refractivity contribution >= 4 is 5.78 Å². The first-order chi connectivity index (χ1) is 5.42. The first kappa shape index (κ1) is 11.2. The molecule has 0 rings (SSSR count). The average molecular weight is 167 g/mol. The largest absolute Gasteiger partial charge is 0.298 e. The van der Waals surface area contributed by atoms with Crippen LogP contribution in [-0.4, -0.2) is 30.3 Å². The second-order valence-corrected chi connectivity index (χ2v) is 3.48. The second kappa shape index (κ2) is 4.27. The van der Waals surface area contributed by atoms with Crippen molar-refractivity contribution < 1.29 is 4.79 Å². The van der Waals surface area contributed by atoms with E-state index >= 15 is 0 Å². The molecular formula is C10H17NO. The summed E-state index contributed by atoms with van der Waals surface area (Å²) >= 11 is 0. The van der Waals surface area contributed by atoms with Gasteiger partial charge in [-0.1, -0.05) is 5.92 Å². The summed E-state index contributed by atoms with van der Waals surface area (Å²) in [4.78, 5) is 13.4. The number of carbonyl (C=O) groups excluding carboxylic acids is 1. The van der Waals surface area contributed by atoms with Crippen molar-refractivity contribution in [2.75, 3.05) is 14.1 Å². The van der Waals surface area contributed by atoms with Gasteiger partial charge in [0, 0.05) is 0 Å². The molecule has 0 unspecified atom stereocenters. The van der Waals surface area contributed by atoms with Gasteiger partial charge in [0.05, 0.1) is 12.0 Å². The highest BCUT2D eigenvalue weighted by atomic mass is 16.1. The zero-order chi connectivity index (χ0) is 9.78. The van der Waals surface area contributed by atoms with E-state index in [0.717, 1.165) is 0 Å². The number of hydrogen-bond donors (Lipinski definition) is 0. The molecule has 0 atom stereocenters. The summed E-state index contributed by atoms with van der Waals surface area (Å²) in [6.45, 7) is 5.56. The number of carbonyl (C=O) groups is 1. The smallest absolute Gasteiger partial charge is 0.164 e. The molecule has 2 nitrogen and oxygen atoms in total. The van der Waals surface area contributed by atoms with Crippen LogP contribution in [-0.2, 0) is 4.79 Å². The third kappa shape index (κ3) is 2.67. The number of Topliss-reactive ketones (excluding diaryl/α,β-unsaturated/α-hetero) is 1. The third-order valence-corrected chi connectivity index (χ3v) is 2.23. The van der Waals surface area contributed by atoms with Crippen LogP contribution in [0.3, 0.4) is 0 Å². The molecule has 0 spiro atoms. The minimum absolute atomic E-state index is 0.168. The van der Waals surface area contributed by atoms with E-state index in [1.165, 1.54) is 0 Å². The maximum atomic E-state index is 11.5. The molecule has 0 saturated heterocycles. The van der Waals surface area contributed by atoms with Crippen molar-refractivity contribution in [2.45, 2.75) is 32.7 Å².